The van der Waals surface area contributed by atoms with Crippen LogP contribution in [0.15, 0.2) is 0 Å². The Morgan fingerprint density at radius 1 is 1.00 bits per heavy atom. The molecule has 0 rings (SSSR count). The molecular formula is C7H20SbSi+. The summed E-state index contributed by atoms with van der Waals surface area (Å²) in [4.78, 5) is 7.57. The van der Waals surface area contributed by atoms with Gasteiger partial charge in [0.05, 0.1) is 0 Å². The van der Waals surface area contributed by atoms with Gasteiger partial charge in [-0.1, -0.05) is 0 Å². The Kier molecular flexibility index (Phi) is 3.30. The van der Waals surface area contributed by atoms with Crippen molar-refractivity contribution in [1.82, 2.24) is 0 Å². The normalized spacial score (nSPS) is 14.0. The third kappa shape index (κ3) is 9.04. The SMILES string of the molecule is C[Si](C)(C)[CH2][Sb+]([CH3])([CH3])[CH3]. The molecule has 0 unspecified atom stereocenters. The van der Waals surface area contributed by atoms with Crippen molar-refractivity contribution < 1.29 is 0 Å². The average molecular weight is 254 g/mol. The van der Waals surface area contributed by atoms with Gasteiger partial charge in [0.2, 0.25) is 0 Å². The molecule has 0 N–H and O–H groups in total. The van der Waals surface area contributed by atoms with Gasteiger partial charge in [-0.05, 0) is 0 Å². The molecule has 56 valence electrons. The summed E-state index contributed by atoms with van der Waals surface area (Å²) < 4.78 is 1.63. The summed E-state index contributed by atoms with van der Waals surface area (Å²) in [6.45, 7) is 7.44. The first-order valence-electron chi connectivity index (χ1n) is 3.51. The first-order chi connectivity index (χ1) is 3.71. The van der Waals surface area contributed by atoms with Crippen LogP contribution >= 0.6 is 0 Å². The molecule has 0 nitrogen and oxygen atoms in total. The predicted molar refractivity (Wildman–Crippen MR) is 51.5 cm³/mol. The molecule has 0 aliphatic carbocycles. The first-order valence-corrected chi connectivity index (χ1v) is 16.7. The Morgan fingerprint density at radius 2 is 1.33 bits per heavy atom. The molecule has 0 radical (unpaired) electrons. The number of rotatable bonds is 2. The molecule has 0 aliphatic rings. The Balaban J connectivity index is 3.75. The third-order valence-electron chi connectivity index (χ3n) is 0.949. The van der Waals surface area contributed by atoms with Crippen LogP contribution in [0.25, 0.3) is 0 Å². The molecule has 0 fully saturated rings. The van der Waals surface area contributed by atoms with Crippen molar-refractivity contribution in [1.29, 1.82) is 0 Å². The van der Waals surface area contributed by atoms with E-state index in [0.29, 0.717) is 0 Å². The van der Waals surface area contributed by atoms with E-state index in [1.54, 1.807) is 3.99 Å². The van der Waals surface area contributed by atoms with Crippen molar-refractivity contribution in [3.05, 3.63) is 0 Å². The molecule has 0 saturated heterocycles. The van der Waals surface area contributed by atoms with Crippen LogP contribution in [0.5, 0.6) is 0 Å². The van der Waals surface area contributed by atoms with Gasteiger partial charge in [0.1, 0.15) is 0 Å². The quantitative estimate of drug-likeness (QED) is 0.664. The van der Waals surface area contributed by atoms with Gasteiger partial charge in [0.25, 0.3) is 0 Å². The number of hydrogen-bond acceptors (Lipinski definition) is 0. The molecule has 0 spiro atoms. The zero-order valence-electron chi connectivity index (χ0n) is 7.65. The monoisotopic (exact) mass is 253 g/mol. The van der Waals surface area contributed by atoms with Gasteiger partial charge in [0.15, 0.2) is 0 Å². The summed E-state index contributed by atoms with van der Waals surface area (Å²) in [5.74, 6) is 0. The van der Waals surface area contributed by atoms with Crippen molar-refractivity contribution in [2.24, 2.45) is 0 Å². The number of hydrogen-bond donors (Lipinski definition) is 0. The second kappa shape index (κ2) is 2.96. The van der Waals surface area contributed by atoms with E-state index in [-0.39, 0.29) is 0 Å². The van der Waals surface area contributed by atoms with E-state index in [0.717, 1.165) is 0 Å². The summed E-state index contributed by atoms with van der Waals surface area (Å²) in [6.07, 6.45) is 0. The van der Waals surface area contributed by atoms with E-state index >= 15 is 0 Å². The summed E-state index contributed by atoms with van der Waals surface area (Å²) in [5, 5.41) is 0. The fraction of sp³-hybridized carbons (Fsp3) is 1.00. The molecule has 0 saturated carbocycles. The standard InChI is InChI=1S/C4H11Si.3CH3.Sb/c1-5(2,3)4;;;;/h1H2,2-4H3;3*1H3;/q;;;;+1. The van der Waals surface area contributed by atoms with Crippen LogP contribution < -0.4 is 0 Å². The van der Waals surface area contributed by atoms with E-state index in [9.17, 15) is 0 Å². The van der Waals surface area contributed by atoms with Gasteiger partial charge in [-0.3, -0.25) is 0 Å². The predicted octanol–water partition coefficient (Wildman–Crippen LogP) is 3.20. The maximum absolute atomic E-state index is 2.52. The van der Waals surface area contributed by atoms with E-state index in [1.165, 1.54) is 0 Å². The Labute approximate surface area is 65.0 Å². The molecule has 0 heterocycles. The fourth-order valence-corrected chi connectivity index (χ4v) is 28.6. The molecule has 0 amide bonds. The van der Waals surface area contributed by atoms with Crippen LogP contribution in [0.2, 0.25) is 38.2 Å². The molecule has 0 aromatic rings. The van der Waals surface area contributed by atoms with Gasteiger partial charge in [-0.15, -0.1) is 0 Å². The summed E-state index contributed by atoms with van der Waals surface area (Å²) >= 11 is -1.29. The molecule has 0 aromatic carbocycles. The van der Waals surface area contributed by atoms with Gasteiger partial charge < -0.3 is 0 Å². The Hall–Kier alpha value is 1.04. The maximum atomic E-state index is 2.52. The average Bonchev–Trinajstić information content (AvgIpc) is 1.14. The van der Waals surface area contributed by atoms with Gasteiger partial charge in [-0.2, -0.15) is 0 Å². The summed E-state index contributed by atoms with van der Waals surface area (Å²) in [6, 6.07) is 0. The zero-order chi connectivity index (χ0) is 7.71. The van der Waals surface area contributed by atoms with Crippen LogP contribution in [0.4, 0.5) is 0 Å². The fourth-order valence-electron chi connectivity index (χ4n) is 1.42. The van der Waals surface area contributed by atoms with Crippen LogP contribution in [0.3, 0.4) is 0 Å². The van der Waals surface area contributed by atoms with Crippen LogP contribution in [-0.2, 0) is 0 Å². The van der Waals surface area contributed by atoms with Crippen molar-refractivity contribution in [3.63, 3.8) is 0 Å². The van der Waals surface area contributed by atoms with Crippen LogP contribution in [0, 0.1) is 0 Å². The van der Waals surface area contributed by atoms with Crippen LogP contribution in [0.1, 0.15) is 0 Å². The van der Waals surface area contributed by atoms with Crippen LogP contribution in [-0.4, -0.2) is 26.9 Å². The van der Waals surface area contributed by atoms with Gasteiger partial charge in [-0.25, -0.2) is 0 Å². The third-order valence-corrected chi connectivity index (χ3v) is 19.1. The second-order valence-corrected chi connectivity index (χ2v) is 26.2. The van der Waals surface area contributed by atoms with Crippen molar-refractivity contribution in [2.45, 2.75) is 38.2 Å². The summed E-state index contributed by atoms with van der Waals surface area (Å²) in [5.41, 5.74) is 0. The first kappa shape index (κ1) is 10.0. The molecule has 0 atom stereocenters. The van der Waals surface area contributed by atoms with Gasteiger partial charge in [0, 0.05) is 0 Å². The van der Waals surface area contributed by atoms with E-state index < -0.39 is 26.9 Å². The second-order valence-electron chi connectivity index (χ2n) is 5.01. The topological polar surface area (TPSA) is 0 Å². The molecule has 0 aliphatic heterocycles. The van der Waals surface area contributed by atoms with Crippen molar-refractivity contribution >= 4 is 26.9 Å². The van der Waals surface area contributed by atoms with E-state index in [2.05, 4.69) is 34.3 Å². The Bertz CT molecular complexity index is 74.1. The Morgan fingerprint density at radius 3 is 1.33 bits per heavy atom. The summed E-state index contributed by atoms with van der Waals surface area (Å²) in [7, 11) is -0.704. The van der Waals surface area contributed by atoms with Crippen molar-refractivity contribution in [2.75, 3.05) is 0 Å². The minimum atomic E-state index is -1.29. The van der Waals surface area contributed by atoms with E-state index in [1.807, 2.05) is 0 Å². The molecule has 2 heteroatoms. The van der Waals surface area contributed by atoms with E-state index in [4.69, 9.17) is 0 Å². The molecule has 9 heavy (non-hydrogen) atoms. The minimum absolute atomic E-state index is 0.704. The molecule has 0 bridgehead atoms. The molecule has 0 aromatic heterocycles. The zero-order valence-corrected chi connectivity index (χ0v) is 11.2. The van der Waals surface area contributed by atoms with Crippen molar-refractivity contribution in [3.8, 4) is 0 Å². The van der Waals surface area contributed by atoms with Gasteiger partial charge >= 0.3 is 65.1 Å². The molecular weight excluding hydrogens is 234 g/mol.